The molecule has 1 saturated heterocycles. The van der Waals surface area contributed by atoms with Crippen LogP contribution in [0.1, 0.15) is 62.2 Å². The molecule has 32 heavy (non-hydrogen) atoms. The molecule has 1 fully saturated rings. The number of rotatable bonds is 6. The van der Waals surface area contributed by atoms with E-state index in [-0.39, 0.29) is 23.8 Å². The van der Waals surface area contributed by atoms with Crippen LogP contribution in [0.15, 0.2) is 22.7 Å². The summed E-state index contributed by atoms with van der Waals surface area (Å²) in [6.07, 6.45) is 2.90. The van der Waals surface area contributed by atoms with Gasteiger partial charge in [0.25, 0.3) is 5.91 Å². The van der Waals surface area contributed by atoms with E-state index in [2.05, 4.69) is 38.2 Å². The lowest BCUT2D eigenvalue weighted by Gasteiger charge is -2.40. The van der Waals surface area contributed by atoms with Gasteiger partial charge in [-0.05, 0) is 61.3 Å². The number of ether oxygens (including phenoxy) is 1. The van der Waals surface area contributed by atoms with Crippen LogP contribution >= 0.6 is 0 Å². The smallest absolute Gasteiger partial charge is 0.277 e. The van der Waals surface area contributed by atoms with Gasteiger partial charge in [0, 0.05) is 23.7 Å². The minimum atomic E-state index is -0.488. The number of carbonyl (C=O) groups excluding carboxylic acids is 2. The highest BCUT2D eigenvalue weighted by Crippen LogP contribution is 2.37. The first kappa shape index (κ1) is 22.4. The number of carbonyl (C=O) groups is 2. The topological polar surface area (TPSA) is 84.7 Å². The van der Waals surface area contributed by atoms with Crippen molar-refractivity contribution in [2.24, 2.45) is 11.8 Å². The molecule has 1 aliphatic carbocycles. The molecule has 0 bridgehead atoms. The Morgan fingerprint density at radius 1 is 1.22 bits per heavy atom. The van der Waals surface area contributed by atoms with Crippen molar-refractivity contribution in [2.75, 3.05) is 13.7 Å². The van der Waals surface area contributed by atoms with Crippen molar-refractivity contribution in [2.45, 2.75) is 65.5 Å². The van der Waals surface area contributed by atoms with Crippen LogP contribution < -0.4 is 10.1 Å². The minimum Gasteiger partial charge on any atom is -0.497 e. The van der Waals surface area contributed by atoms with Crippen molar-refractivity contribution in [3.05, 3.63) is 35.0 Å². The summed E-state index contributed by atoms with van der Waals surface area (Å²) in [5.74, 6) is 1.89. The first-order valence-corrected chi connectivity index (χ1v) is 11.6. The molecule has 0 unspecified atom stereocenters. The van der Waals surface area contributed by atoms with E-state index in [9.17, 15) is 9.59 Å². The molecule has 1 aromatic carbocycles. The average Bonchev–Trinajstić information content (AvgIpc) is 3.18. The molecule has 0 spiro atoms. The second-order valence-electron chi connectivity index (χ2n) is 9.80. The molecular formula is C25H33N3O4. The van der Waals surface area contributed by atoms with Gasteiger partial charge in [0.05, 0.1) is 7.11 Å². The minimum absolute atomic E-state index is 0.0502. The van der Waals surface area contributed by atoms with Crippen molar-refractivity contribution < 1.29 is 18.8 Å². The van der Waals surface area contributed by atoms with E-state index in [1.54, 1.807) is 12.0 Å². The number of nitrogens with one attached hydrogen (secondary N) is 1. The average molecular weight is 440 g/mol. The Balaban J connectivity index is 1.66. The van der Waals surface area contributed by atoms with Crippen LogP contribution in [0, 0.1) is 11.8 Å². The van der Waals surface area contributed by atoms with E-state index in [1.165, 1.54) is 0 Å². The Kier molecular flexibility index (Phi) is 6.26. The molecule has 2 amide bonds. The summed E-state index contributed by atoms with van der Waals surface area (Å²) in [5, 5.41) is 7.34. The standard InChI is InChI=1S/C25H33N3O4/c1-14(2)10-17-13-28(21(11-15(3)4)24(29)26-17)25(30)22-20-8-6-16-12-18(31-5)7-9-19(16)23(20)32-27-22/h7,9,12,14-15,17,21H,6,8,10-11,13H2,1-5H3,(H,26,29)/t17-,21-/m0/s1. The summed E-state index contributed by atoms with van der Waals surface area (Å²) in [6, 6.07) is 5.32. The third-order valence-electron chi connectivity index (χ3n) is 6.35. The summed E-state index contributed by atoms with van der Waals surface area (Å²) in [6.45, 7) is 8.88. The number of nitrogens with zero attached hydrogens (tertiary/aromatic N) is 2. The zero-order chi connectivity index (χ0) is 23.0. The molecule has 1 aliphatic heterocycles. The molecule has 2 atom stereocenters. The molecule has 0 saturated carbocycles. The van der Waals surface area contributed by atoms with E-state index in [0.717, 1.165) is 35.3 Å². The molecule has 1 N–H and O–H groups in total. The summed E-state index contributed by atoms with van der Waals surface area (Å²) >= 11 is 0. The van der Waals surface area contributed by atoms with Gasteiger partial charge in [-0.1, -0.05) is 32.9 Å². The summed E-state index contributed by atoms with van der Waals surface area (Å²) in [7, 11) is 1.65. The van der Waals surface area contributed by atoms with Crippen molar-refractivity contribution in [1.82, 2.24) is 15.4 Å². The van der Waals surface area contributed by atoms with Gasteiger partial charge in [-0.25, -0.2) is 0 Å². The molecule has 172 valence electrons. The molecule has 4 rings (SSSR count). The molecule has 7 nitrogen and oxygen atoms in total. The van der Waals surface area contributed by atoms with Crippen molar-refractivity contribution in [3.63, 3.8) is 0 Å². The van der Waals surface area contributed by atoms with Crippen molar-refractivity contribution in [1.29, 1.82) is 0 Å². The molecule has 2 aliphatic rings. The highest BCUT2D eigenvalue weighted by atomic mass is 16.5. The molecule has 7 heteroatoms. The second-order valence-corrected chi connectivity index (χ2v) is 9.80. The molecule has 2 heterocycles. The molecule has 0 radical (unpaired) electrons. The van der Waals surface area contributed by atoms with Gasteiger partial charge < -0.3 is 19.5 Å². The molecule has 1 aromatic heterocycles. The maximum Gasteiger partial charge on any atom is 0.277 e. The SMILES string of the molecule is COc1ccc2c(c1)CCc1c(C(=O)N3C[C@H](CC(C)C)NC(=O)[C@@H]3CC(C)C)noc1-2. The van der Waals surface area contributed by atoms with Crippen LogP contribution in [0.4, 0.5) is 0 Å². The summed E-state index contributed by atoms with van der Waals surface area (Å²) in [4.78, 5) is 28.4. The van der Waals surface area contributed by atoms with Gasteiger partial charge in [-0.2, -0.15) is 0 Å². The fraction of sp³-hybridized carbons (Fsp3) is 0.560. The van der Waals surface area contributed by atoms with Gasteiger partial charge >= 0.3 is 0 Å². The maximum absolute atomic E-state index is 13.7. The number of amides is 2. The van der Waals surface area contributed by atoms with Crippen LogP contribution in [-0.2, 0) is 17.6 Å². The second kappa shape index (κ2) is 8.96. The van der Waals surface area contributed by atoms with E-state index < -0.39 is 6.04 Å². The summed E-state index contributed by atoms with van der Waals surface area (Å²) < 4.78 is 11.0. The predicted molar refractivity (Wildman–Crippen MR) is 122 cm³/mol. The van der Waals surface area contributed by atoms with Gasteiger partial charge in [0.2, 0.25) is 5.91 Å². The van der Waals surface area contributed by atoms with Gasteiger partial charge in [-0.3, -0.25) is 9.59 Å². The van der Waals surface area contributed by atoms with Gasteiger partial charge in [-0.15, -0.1) is 0 Å². The van der Waals surface area contributed by atoms with Crippen LogP contribution in [0.3, 0.4) is 0 Å². The Hall–Kier alpha value is -2.83. The number of piperazine rings is 1. The Morgan fingerprint density at radius 3 is 2.66 bits per heavy atom. The Labute approximate surface area is 189 Å². The monoisotopic (exact) mass is 439 g/mol. The fourth-order valence-electron chi connectivity index (χ4n) is 4.90. The predicted octanol–water partition coefficient (Wildman–Crippen LogP) is 3.85. The number of hydrogen-bond acceptors (Lipinski definition) is 5. The number of benzene rings is 1. The van der Waals surface area contributed by atoms with E-state index in [0.29, 0.717) is 36.8 Å². The van der Waals surface area contributed by atoms with Crippen LogP contribution in [0.25, 0.3) is 11.3 Å². The van der Waals surface area contributed by atoms with Crippen LogP contribution in [0.2, 0.25) is 0 Å². The number of aryl methyl sites for hydroxylation is 1. The van der Waals surface area contributed by atoms with Gasteiger partial charge in [0.15, 0.2) is 11.5 Å². The largest absolute Gasteiger partial charge is 0.497 e. The quantitative estimate of drug-likeness (QED) is 0.739. The Bertz CT molecular complexity index is 1010. The van der Waals surface area contributed by atoms with Crippen LogP contribution in [-0.4, -0.2) is 47.6 Å². The van der Waals surface area contributed by atoms with Crippen molar-refractivity contribution in [3.8, 4) is 17.1 Å². The highest BCUT2D eigenvalue weighted by Gasteiger charge is 2.40. The van der Waals surface area contributed by atoms with E-state index in [1.807, 2.05) is 18.2 Å². The zero-order valence-electron chi connectivity index (χ0n) is 19.6. The first-order chi connectivity index (χ1) is 15.3. The normalized spacial score (nSPS) is 20.2. The van der Waals surface area contributed by atoms with Gasteiger partial charge in [0.1, 0.15) is 11.8 Å². The summed E-state index contributed by atoms with van der Waals surface area (Å²) in [5.41, 5.74) is 3.25. The van der Waals surface area contributed by atoms with Crippen molar-refractivity contribution >= 4 is 11.8 Å². The van der Waals surface area contributed by atoms with E-state index in [4.69, 9.17) is 9.26 Å². The third-order valence-corrected chi connectivity index (χ3v) is 6.35. The number of aromatic nitrogens is 1. The van der Waals surface area contributed by atoms with E-state index >= 15 is 0 Å². The lowest BCUT2D eigenvalue weighted by atomic mass is 9.88. The third kappa shape index (κ3) is 4.25. The number of methoxy groups -OCH3 is 1. The maximum atomic E-state index is 13.7. The molecule has 2 aromatic rings. The number of hydrogen-bond donors (Lipinski definition) is 1. The molecular weight excluding hydrogens is 406 g/mol. The first-order valence-electron chi connectivity index (χ1n) is 11.6. The lowest BCUT2D eigenvalue weighted by Crippen LogP contribution is -2.62. The fourth-order valence-corrected chi connectivity index (χ4v) is 4.90. The lowest BCUT2D eigenvalue weighted by molar-refractivity contribution is -0.130. The zero-order valence-corrected chi connectivity index (χ0v) is 19.6. The number of fused-ring (bicyclic) bond motifs is 3. The highest BCUT2D eigenvalue weighted by molar-refractivity contribution is 5.99. The van der Waals surface area contributed by atoms with Crippen LogP contribution in [0.5, 0.6) is 5.75 Å². The Morgan fingerprint density at radius 2 is 1.97 bits per heavy atom.